The minimum atomic E-state index is -3.52. The molecular weight excluding hydrogens is 392 g/mol. The summed E-state index contributed by atoms with van der Waals surface area (Å²) < 4.78 is 37.6. The summed E-state index contributed by atoms with van der Waals surface area (Å²) in [5.41, 5.74) is 1.36. The first-order valence-corrected chi connectivity index (χ1v) is 11.2. The van der Waals surface area contributed by atoms with Crippen LogP contribution in [0.1, 0.15) is 26.3 Å². The van der Waals surface area contributed by atoms with Gasteiger partial charge in [-0.05, 0) is 50.6 Å². The van der Waals surface area contributed by atoms with Crippen molar-refractivity contribution in [1.29, 1.82) is 0 Å². The van der Waals surface area contributed by atoms with Gasteiger partial charge >= 0.3 is 0 Å². The van der Waals surface area contributed by atoms with Crippen LogP contribution in [0.15, 0.2) is 48.5 Å². The van der Waals surface area contributed by atoms with Crippen LogP contribution in [0.25, 0.3) is 0 Å². The third-order valence-electron chi connectivity index (χ3n) is 4.49. The van der Waals surface area contributed by atoms with E-state index in [9.17, 15) is 13.2 Å². The van der Waals surface area contributed by atoms with E-state index in [1.54, 1.807) is 31.2 Å². The van der Waals surface area contributed by atoms with Gasteiger partial charge in [0.1, 0.15) is 11.5 Å². The summed E-state index contributed by atoms with van der Waals surface area (Å²) in [5.74, 6) is 0.729. The van der Waals surface area contributed by atoms with Crippen LogP contribution in [0.4, 0.5) is 5.69 Å². The molecule has 156 valence electrons. The number of benzene rings is 2. The lowest BCUT2D eigenvalue weighted by atomic mass is 10.2. The summed E-state index contributed by atoms with van der Waals surface area (Å²) in [6.07, 6.45) is -0.830. The van der Waals surface area contributed by atoms with Crippen molar-refractivity contribution in [2.75, 3.05) is 16.6 Å². The molecule has 0 bridgehead atoms. The highest BCUT2D eigenvalue weighted by atomic mass is 32.2. The monoisotopic (exact) mass is 418 g/mol. The molecule has 0 saturated heterocycles. The number of hydrogen-bond donors (Lipinski definition) is 1. The van der Waals surface area contributed by atoms with E-state index in [4.69, 9.17) is 9.47 Å². The molecule has 3 rings (SSSR count). The van der Waals surface area contributed by atoms with E-state index in [1.165, 1.54) is 4.31 Å². The van der Waals surface area contributed by atoms with Gasteiger partial charge in [0.05, 0.1) is 24.1 Å². The smallest absolute Gasteiger partial charge is 0.263 e. The van der Waals surface area contributed by atoms with Crippen molar-refractivity contribution in [3.63, 3.8) is 0 Å². The summed E-state index contributed by atoms with van der Waals surface area (Å²) in [4.78, 5) is 12.7. The lowest BCUT2D eigenvalue weighted by Crippen LogP contribution is -2.50. The maximum atomic E-state index is 12.7. The molecule has 0 saturated carbocycles. The van der Waals surface area contributed by atoms with Crippen LogP contribution in [0.5, 0.6) is 11.5 Å². The number of nitrogens with one attached hydrogen (secondary N) is 1. The average Bonchev–Trinajstić information content (AvgIpc) is 2.71. The fourth-order valence-electron chi connectivity index (χ4n) is 3.02. The van der Waals surface area contributed by atoms with Crippen LogP contribution in [0.3, 0.4) is 0 Å². The summed E-state index contributed by atoms with van der Waals surface area (Å²) in [7, 11) is -3.52. The number of carbonyl (C=O) groups is 1. The number of amides is 1. The molecule has 1 N–H and O–H groups in total. The van der Waals surface area contributed by atoms with Crippen LogP contribution >= 0.6 is 0 Å². The molecule has 2 aromatic carbocycles. The summed E-state index contributed by atoms with van der Waals surface area (Å²) >= 11 is 0. The third kappa shape index (κ3) is 5.00. The number of nitrogens with zero attached hydrogens (tertiary/aromatic N) is 1. The van der Waals surface area contributed by atoms with Gasteiger partial charge in [0, 0.05) is 6.54 Å². The number of sulfonamides is 1. The van der Waals surface area contributed by atoms with Gasteiger partial charge in [-0.2, -0.15) is 0 Å². The third-order valence-corrected chi connectivity index (χ3v) is 6.24. The van der Waals surface area contributed by atoms with Crippen LogP contribution in [0.2, 0.25) is 0 Å². The molecule has 0 spiro atoms. The molecule has 1 aliphatic heterocycles. The van der Waals surface area contributed by atoms with Gasteiger partial charge in [0.15, 0.2) is 6.10 Å². The minimum absolute atomic E-state index is 0.0551. The lowest BCUT2D eigenvalue weighted by molar-refractivity contribution is -0.127. The zero-order valence-electron chi connectivity index (χ0n) is 16.8. The Morgan fingerprint density at radius 1 is 1.21 bits per heavy atom. The fourth-order valence-corrected chi connectivity index (χ4v) is 4.14. The topological polar surface area (TPSA) is 84.9 Å². The maximum Gasteiger partial charge on any atom is 0.263 e. The Morgan fingerprint density at radius 3 is 2.55 bits per heavy atom. The lowest BCUT2D eigenvalue weighted by Gasteiger charge is -2.34. The standard InChI is InChI=1S/C21H26N2O5S/c1-4-29(25,26)23-14-20(28-19-8-6-5-7-18(19)23)21(24)22-13-16-9-11-17(12-10-16)27-15(2)3/h5-12,15,20H,4,13-14H2,1-3H3,(H,22,24)/t20-/m0/s1. The maximum absolute atomic E-state index is 12.7. The second kappa shape index (κ2) is 8.73. The molecule has 8 heteroatoms. The number of para-hydroxylation sites is 2. The molecule has 0 aliphatic carbocycles. The van der Waals surface area contributed by atoms with Gasteiger partial charge in [0.25, 0.3) is 5.91 Å². The van der Waals surface area contributed by atoms with E-state index in [-0.39, 0.29) is 24.3 Å². The molecule has 7 nitrogen and oxygen atoms in total. The molecule has 1 amide bonds. The zero-order valence-corrected chi connectivity index (χ0v) is 17.6. The number of hydrogen-bond acceptors (Lipinski definition) is 5. The molecular formula is C21H26N2O5S. The first-order valence-electron chi connectivity index (χ1n) is 9.59. The van der Waals surface area contributed by atoms with Crippen molar-refractivity contribution in [3.8, 4) is 11.5 Å². The van der Waals surface area contributed by atoms with Crippen molar-refractivity contribution >= 4 is 21.6 Å². The Balaban J connectivity index is 1.68. The van der Waals surface area contributed by atoms with Gasteiger partial charge in [0.2, 0.25) is 10.0 Å². The number of anilines is 1. The first kappa shape index (κ1) is 21.0. The van der Waals surface area contributed by atoms with Gasteiger partial charge < -0.3 is 14.8 Å². The Kier molecular flexibility index (Phi) is 6.32. The van der Waals surface area contributed by atoms with Gasteiger partial charge in [-0.15, -0.1) is 0 Å². The minimum Gasteiger partial charge on any atom is -0.491 e. The van der Waals surface area contributed by atoms with Crippen LogP contribution in [-0.2, 0) is 21.4 Å². The molecule has 1 aliphatic rings. The Bertz CT molecular complexity index is 957. The fraction of sp³-hybridized carbons (Fsp3) is 0.381. The second-order valence-corrected chi connectivity index (χ2v) is 9.22. The van der Waals surface area contributed by atoms with Crippen LogP contribution in [-0.4, -0.2) is 38.8 Å². The Morgan fingerprint density at radius 2 is 1.90 bits per heavy atom. The highest BCUT2D eigenvalue weighted by molar-refractivity contribution is 7.92. The molecule has 2 aromatic rings. The summed E-state index contributed by atoms with van der Waals surface area (Å²) in [6, 6.07) is 14.3. The van der Waals surface area contributed by atoms with E-state index in [0.29, 0.717) is 18.0 Å². The molecule has 1 atom stereocenters. The van der Waals surface area contributed by atoms with E-state index in [0.717, 1.165) is 11.3 Å². The van der Waals surface area contributed by atoms with Gasteiger partial charge in [-0.3, -0.25) is 9.10 Å². The van der Waals surface area contributed by atoms with Crippen molar-refractivity contribution in [3.05, 3.63) is 54.1 Å². The number of ether oxygens (including phenoxy) is 2. The predicted octanol–water partition coefficient (Wildman–Crippen LogP) is 2.71. The Labute approximate surface area is 171 Å². The van der Waals surface area contributed by atoms with E-state index < -0.39 is 16.1 Å². The zero-order chi connectivity index (χ0) is 21.0. The van der Waals surface area contributed by atoms with Crippen molar-refractivity contribution < 1.29 is 22.7 Å². The van der Waals surface area contributed by atoms with Gasteiger partial charge in [-0.1, -0.05) is 24.3 Å². The van der Waals surface area contributed by atoms with Crippen molar-refractivity contribution in [2.45, 2.75) is 39.5 Å². The molecule has 1 heterocycles. The number of fused-ring (bicyclic) bond motifs is 1. The highest BCUT2D eigenvalue weighted by Gasteiger charge is 2.35. The SMILES string of the molecule is CCS(=O)(=O)N1C[C@@H](C(=O)NCc2ccc(OC(C)C)cc2)Oc2ccccc21. The summed E-state index contributed by atoms with van der Waals surface area (Å²) in [6.45, 7) is 5.75. The van der Waals surface area contributed by atoms with Gasteiger partial charge in [-0.25, -0.2) is 8.42 Å². The van der Waals surface area contributed by atoms with Crippen LogP contribution in [0, 0.1) is 0 Å². The number of carbonyl (C=O) groups excluding carboxylic acids is 1. The van der Waals surface area contributed by atoms with E-state index >= 15 is 0 Å². The summed E-state index contributed by atoms with van der Waals surface area (Å²) in [5, 5.41) is 2.82. The molecule has 0 radical (unpaired) electrons. The highest BCUT2D eigenvalue weighted by Crippen LogP contribution is 2.35. The first-order chi connectivity index (χ1) is 13.8. The molecule has 0 aromatic heterocycles. The predicted molar refractivity (Wildman–Crippen MR) is 112 cm³/mol. The van der Waals surface area contributed by atoms with Crippen molar-refractivity contribution in [2.24, 2.45) is 0 Å². The molecule has 29 heavy (non-hydrogen) atoms. The molecule has 0 fully saturated rings. The van der Waals surface area contributed by atoms with E-state index in [2.05, 4.69) is 5.32 Å². The second-order valence-electron chi connectivity index (χ2n) is 7.03. The van der Waals surface area contributed by atoms with Crippen LogP contribution < -0.4 is 19.1 Å². The van der Waals surface area contributed by atoms with E-state index in [1.807, 2.05) is 38.1 Å². The average molecular weight is 419 g/mol. The molecule has 0 unspecified atom stereocenters. The Hall–Kier alpha value is -2.74. The number of rotatable bonds is 7. The quantitative estimate of drug-likeness (QED) is 0.747. The normalized spacial score (nSPS) is 16.1. The largest absolute Gasteiger partial charge is 0.491 e. The van der Waals surface area contributed by atoms with Crippen molar-refractivity contribution in [1.82, 2.24) is 5.32 Å².